The van der Waals surface area contributed by atoms with Gasteiger partial charge in [0, 0.05) is 16.6 Å². The molecule has 0 saturated heterocycles. The van der Waals surface area contributed by atoms with E-state index in [4.69, 9.17) is 4.74 Å². The molecule has 2 aromatic carbocycles. The van der Waals surface area contributed by atoms with Gasteiger partial charge in [0.05, 0.1) is 0 Å². The lowest BCUT2D eigenvalue weighted by atomic mass is 9.93. The standard InChI is InChI=1S/C19H20BrNO.3ClH/c1-21(2)11-5-8-17-16-7-4-3-6-14(16)13-22-19-10-9-15(20)12-18(17)19;;;/h3-4,6-10,12H,5,11,13H2,1-2H3;3*1H. The Hall–Kier alpha value is -0.710. The largest absolute Gasteiger partial charge is 0.488 e. The first kappa shape index (κ1) is 24.3. The highest BCUT2D eigenvalue weighted by molar-refractivity contribution is 9.10. The van der Waals surface area contributed by atoms with Gasteiger partial charge in [-0.05, 0) is 55.4 Å². The molecule has 1 aliphatic heterocycles. The molecule has 1 heterocycles. The predicted octanol–water partition coefficient (Wildman–Crippen LogP) is 5.99. The molecule has 0 amide bonds. The summed E-state index contributed by atoms with van der Waals surface area (Å²) in [7, 11) is 4.21. The summed E-state index contributed by atoms with van der Waals surface area (Å²) in [5.41, 5.74) is 4.95. The zero-order chi connectivity index (χ0) is 15.5. The maximum Gasteiger partial charge on any atom is 0.127 e. The zero-order valence-corrected chi connectivity index (χ0v) is 18.2. The van der Waals surface area contributed by atoms with Gasteiger partial charge < -0.3 is 9.64 Å². The molecule has 0 fully saturated rings. The van der Waals surface area contributed by atoms with E-state index in [9.17, 15) is 0 Å². The topological polar surface area (TPSA) is 12.5 Å². The minimum Gasteiger partial charge on any atom is -0.488 e. The Labute approximate surface area is 177 Å². The maximum atomic E-state index is 6.02. The van der Waals surface area contributed by atoms with Crippen LogP contribution in [-0.4, -0.2) is 25.5 Å². The van der Waals surface area contributed by atoms with E-state index in [0.29, 0.717) is 6.61 Å². The molecule has 0 atom stereocenters. The molecular weight excluding hydrogens is 444 g/mol. The van der Waals surface area contributed by atoms with Gasteiger partial charge in [-0.3, -0.25) is 0 Å². The summed E-state index contributed by atoms with van der Waals surface area (Å²) in [5.74, 6) is 0.954. The van der Waals surface area contributed by atoms with Crippen LogP contribution in [0.2, 0.25) is 0 Å². The number of fused-ring (bicyclic) bond motifs is 2. The molecule has 0 saturated carbocycles. The molecule has 0 N–H and O–H groups in total. The van der Waals surface area contributed by atoms with Gasteiger partial charge in [0.25, 0.3) is 0 Å². The lowest BCUT2D eigenvalue weighted by Gasteiger charge is -2.12. The third-order valence-electron chi connectivity index (χ3n) is 3.85. The Kier molecular flexibility index (Phi) is 10.8. The van der Waals surface area contributed by atoms with E-state index in [1.165, 1.54) is 16.7 Å². The van der Waals surface area contributed by atoms with Gasteiger partial charge in [0.2, 0.25) is 0 Å². The van der Waals surface area contributed by atoms with Crippen molar-refractivity contribution in [3.63, 3.8) is 0 Å². The van der Waals surface area contributed by atoms with Crippen molar-refractivity contribution in [3.8, 4) is 5.75 Å². The molecule has 2 aromatic rings. The fraction of sp³-hybridized carbons (Fsp3) is 0.263. The lowest BCUT2D eigenvalue weighted by Crippen LogP contribution is -2.12. The van der Waals surface area contributed by atoms with Crippen LogP contribution in [-0.2, 0) is 6.61 Å². The number of nitrogens with zero attached hydrogens (tertiary/aromatic N) is 1. The molecular formula is C19H23BrCl3NO. The van der Waals surface area contributed by atoms with Crippen molar-refractivity contribution < 1.29 is 4.74 Å². The summed E-state index contributed by atoms with van der Waals surface area (Å²) in [6, 6.07) is 14.7. The van der Waals surface area contributed by atoms with E-state index in [-0.39, 0.29) is 37.2 Å². The molecule has 2 nitrogen and oxygen atoms in total. The summed E-state index contributed by atoms with van der Waals surface area (Å²) >= 11 is 3.58. The fourth-order valence-corrected chi connectivity index (χ4v) is 3.10. The van der Waals surface area contributed by atoms with Crippen molar-refractivity contribution in [2.24, 2.45) is 0 Å². The summed E-state index contributed by atoms with van der Waals surface area (Å²) < 4.78 is 7.09. The summed E-state index contributed by atoms with van der Waals surface area (Å²) in [6.45, 7) is 1.66. The Balaban J connectivity index is 0.00000192. The molecule has 0 spiro atoms. The summed E-state index contributed by atoms with van der Waals surface area (Å²) in [4.78, 5) is 2.21. The van der Waals surface area contributed by atoms with Crippen molar-refractivity contribution in [1.82, 2.24) is 4.90 Å². The molecule has 0 unspecified atom stereocenters. The number of halogens is 4. The average molecular weight is 468 g/mol. The van der Waals surface area contributed by atoms with Gasteiger partial charge in [0.1, 0.15) is 12.4 Å². The van der Waals surface area contributed by atoms with Crippen LogP contribution in [0.25, 0.3) is 5.57 Å². The molecule has 1 aliphatic rings. The smallest absolute Gasteiger partial charge is 0.127 e. The van der Waals surface area contributed by atoms with Crippen LogP contribution in [0.15, 0.2) is 53.0 Å². The van der Waals surface area contributed by atoms with Gasteiger partial charge in [-0.25, -0.2) is 0 Å². The predicted molar refractivity (Wildman–Crippen MR) is 117 cm³/mol. The van der Waals surface area contributed by atoms with Crippen LogP contribution in [0.5, 0.6) is 5.75 Å². The van der Waals surface area contributed by atoms with Crippen molar-refractivity contribution in [3.05, 3.63) is 69.7 Å². The van der Waals surface area contributed by atoms with E-state index in [2.05, 4.69) is 71.3 Å². The van der Waals surface area contributed by atoms with Gasteiger partial charge in [-0.2, -0.15) is 0 Å². The van der Waals surface area contributed by atoms with Crippen LogP contribution in [0, 0.1) is 0 Å². The second-order valence-electron chi connectivity index (χ2n) is 5.80. The van der Waals surface area contributed by atoms with Crippen molar-refractivity contribution in [2.45, 2.75) is 13.0 Å². The second-order valence-corrected chi connectivity index (χ2v) is 6.71. The van der Waals surface area contributed by atoms with E-state index in [0.717, 1.165) is 28.8 Å². The van der Waals surface area contributed by atoms with Crippen LogP contribution >= 0.6 is 53.2 Å². The van der Waals surface area contributed by atoms with Crippen molar-refractivity contribution in [1.29, 1.82) is 0 Å². The van der Waals surface area contributed by atoms with E-state index < -0.39 is 0 Å². The second kappa shape index (κ2) is 11.1. The first-order chi connectivity index (χ1) is 10.6. The van der Waals surface area contributed by atoms with Crippen LogP contribution < -0.4 is 4.74 Å². The number of hydrogen-bond donors (Lipinski definition) is 0. The van der Waals surface area contributed by atoms with E-state index in [1.807, 2.05) is 12.1 Å². The van der Waals surface area contributed by atoms with Gasteiger partial charge >= 0.3 is 0 Å². The zero-order valence-electron chi connectivity index (χ0n) is 14.2. The van der Waals surface area contributed by atoms with Crippen molar-refractivity contribution >= 4 is 58.7 Å². The highest BCUT2D eigenvalue weighted by atomic mass is 79.9. The van der Waals surface area contributed by atoms with E-state index in [1.54, 1.807) is 0 Å². The summed E-state index contributed by atoms with van der Waals surface area (Å²) in [5, 5.41) is 0. The van der Waals surface area contributed by atoms with Crippen LogP contribution in [0.4, 0.5) is 0 Å². The summed E-state index contributed by atoms with van der Waals surface area (Å²) in [6.07, 6.45) is 3.35. The van der Waals surface area contributed by atoms with Gasteiger partial charge in [-0.15, -0.1) is 37.2 Å². The first-order valence-electron chi connectivity index (χ1n) is 7.51. The minimum absolute atomic E-state index is 0. The monoisotopic (exact) mass is 465 g/mol. The molecule has 0 bridgehead atoms. The first-order valence-corrected chi connectivity index (χ1v) is 8.30. The Morgan fingerprint density at radius 1 is 1.04 bits per heavy atom. The normalized spacial score (nSPS) is 13.4. The molecule has 25 heavy (non-hydrogen) atoms. The molecule has 0 radical (unpaired) electrons. The number of benzene rings is 2. The third-order valence-corrected chi connectivity index (χ3v) is 4.34. The van der Waals surface area contributed by atoms with Gasteiger partial charge in [-0.1, -0.05) is 46.3 Å². The van der Waals surface area contributed by atoms with Crippen molar-refractivity contribution in [2.75, 3.05) is 20.6 Å². The molecule has 6 heteroatoms. The highest BCUT2D eigenvalue weighted by Gasteiger charge is 2.18. The lowest BCUT2D eigenvalue weighted by molar-refractivity contribution is 0.307. The number of ether oxygens (including phenoxy) is 1. The Morgan fingerprint density at radius 3 is 2.48 bits per heavy atom. The minimum atomic E-state index is 0. The number of rotatable bonds is 3. The molecule has 0 aliphatic carbocycles. The fourth-order valence-electron chi connectivity index (χ4n) is 2.74. The molecule has 0 aromatic heterocycles. The quantitative estimate of drug-likeness (QED) is 0.550. The third kappa shape index (κ3) is 5.90. The SMILES string of the molecule is CN(C)CCC=C1c2ccccc2COc2ccc(Br)cc21.Cl.Cl.Cl. The highest BCUT2D eigenvalue weighted by Crippen LogP contribution is 2.38. The van der Waals surface area contributed by atoms with E-state index >= 15 is 0 Å². The van der Waals surface area contributed by atoms with Crippen LogP contribution in [0.1, 0.15) is 23.1 Å². The average Bonchev–Trinajstić information content (AvgIpc) is 2.65. The van der Waals surface area contributed by atoms with Crippen LogP contribution in [0.3, 0.4) is 0 Å². The Morgan fingerprint density at radius 2 is 1.76 bits per heavy atom. The maximum absolute atomic E-state index is 6.02. The number of hydrogen-bond acceptors (Lipinski definition) is 2. The molecule has 138 valence electrons. The molecule has 3 rings (SSSR count). The van der Waals surface area contributed by atoms with Gasteiger partial charge in [0.15, 0.2) is 0 Å². The Bertz CT molecular complexity index is 720.